The number of unbranched alkanes of at least 4 members (excludes halogenated alkanes) is 1. The average molecular weight is 193 g/mol. The molecule has 0 spiro atoms. The number of para-hydroxylation sites is 1. The van der Waals surface area contributed by atoms with Gasteiger partial charge in [-0.25, -0.2) is 0 Å². The maximum Gasteiger partial charge on any atom is 0.255 e. The first-order valence-corrected chi connectivity index (χ1v) is 4.82. The van der Waals surface area contributed by atoms with Gasteiger partial charge < -0.3 is 10.4 Å². The van der Waals surface area contributed by atoms with Crippen molar-refractivity contribution in [1.82, 2.24) is 5.32 Å². The number of nitrogens with one attached hydrogen (secondary N) is 1. The summed E-state index contributed by atoms with van der Waals surface area (Å²) in [6, 6.07) is 6.54. The Morgan fingerprint density at radius 2 is 2.14 bits per heavy atom. The van der Waals surface area contributed by atoms with E-state index < -0.39 is 0 Å². The van der Waals surface area contributed by atoms with Gasteiger partial charge in [0.05, 0.1) is 5.56 Å². The quantitative estimate of drug-likeness (QED) is 0.718. The number of aromatic hydroxyl groups is 1. The standard InChI is InChI=1S/C11H15NO2/c1-2-3-8-12-11(14)9-6-4-5-7-10(9)13/h4-7,13H,2-3,8H2,1H3,(H,12,14). The van der Waals surface area contributed by atoms with Crippen LogP contribution >= 0.6 is 0 Å². The van der Waals surface area contributed by atoms with Crippen molar-refractivity contribution >= 4 is 5.91 Å². The summed E-state index contributed by atoms with van der Waals surface area (Å²) in [6.45, 7) is 2.72. The highest BCUT2D eigenvalue weighted by Crippen LogP contribution is 2.14. The predicted octanol–water partition coefficient (Wildman–Crippen LogP) is 1.92. The van der Waals surface area contributed by atoms with Crippen LogP contribution in [0.25, 0.3) is 0 Å². The Kier molecular flexibility index (Phi) is 3.98. The van der Waals surface area contributed by atoms with Crippen molar-refractivity contribution in [1.29, 1.82) is 0 Å². The predicted molar refractivity (Wildman–Crippen MR) is 55.3 cm³/mol. The van der Waals surface area contributed by atoms with Gasteiger partial charge in [-0.15, -0.1) is 0 Å². The molecule has 3 heteroatoms. The molecule has 0 heterocycles. The molecule has 1 amide bonds. The first-order chi connectivity index (χ1) is 6.75. The second-order valence-corrected chi connectivity index (χ2v) is 3.13. The Bertz CT molecular complexity index is 310. The minimum Gasteiger partial charge on any atom is -0.507 e. The Hall–Kier alpha value is -1.51. The molecule has 14 heavy (non-hydrogen) atoms. The molecule has 0 unspecified atom stereocenters. The summed E-state index contributed by atoms with van der Waals surface area (Å²) in [5.41, 5.74) is 0.337. The van der Waals surface area contributed by atoms with Crippen molar-refractivity contribution < 1.29 is 9.90 Å². The first-order valence-electron chi connectivity index (χ1n) is 4.82. The van der Waals surface area contributed by atoms with Gasteiger partial charge >= 0.3 is 0 Å². The molecule has 3 nitrogen and oxygen atoms in total. The number of carbonyl (C=O) groups excluding carboxylic acids is 1. The van der Waals surface area contributed by atoms with Crippen LogP contribution in [0.4, 0.5) is 0 Å². The highest BCUT2D eigenvalue weighted by atomic mass is 16.3. The van der Waals surface area contributed by atoms with Crippen LogP contribution in [-0.2, 0) is 0 Å². The lowest BCUT2D eigenvalue weighted by Crippen LogP contribution is -2.24. The van der Waals surface area contributed by atoms with Crippen LogP contribution in [0, 0.1) is 0 Å². The van der Waals surface area contributed by atoms with Gasteiger partial charge in [-0.3, -0.25) is 4.79 Å². The van der Waals surface area contributed by atoms with Gasteiger partial charge in [0.15, 0.2) is 0 Å². The molecular weight excluding hydrogens is 178 g/mol. The molecule has 0 bridgehead atoms. The maximum absolute atomic E-state index is 11.5. The Balaban J connectivity index is 2.56. The molecule has 1 rings (SSSR count). The van der Waals surface area contributed by atoms with Gasteiger partial charge in [0, 0.05) is 6.54 Å². The van der Waals surface area contributed by atoms with Gasteiger partial charge in [-0.2, -0.15) is 0 Å². The van der Waals surface area contributed by atoms with E-state index in [2.05, 4.69) is 12.2 Å². The fraction of sp³-hybridized carbons (Fsp3) is 0.364. The van der Waals surface area contributed by atoms with E-state index in [0.717, 1.165) is 12.8 Å². The molecule has 1 aromatic carbocycles. The molecule has 0 saturated carbocycles. The third-order valence-corrected chi connectivity index (χ3v) is 1.96. The molecule has 0 fully saturated rings. The van der Waals surface area contributed by atoms with Crippen LogP contribution < -0.4 is 5.32 Å². The minimum absolute atomic E-state index is 0.0292. The topological polar surface area (TPSA) is 49.3 Å². The molecule has 0 aliphatic carbocycles. The molecule has 0 atom stereocenters. The normalized spacial score (nSPS) is 9.79. The minimum atomic E-state index is -0.212. The Labute approximate surface area is 83.8 Å². The summed E-state index contributed by atoms with van der Waals surface area (Å²) in [5, 5.41) is 12.1. The van der Waals surface area contributed by atoms with Crippen molar-refractivity contribution in [3.05, 3.63) is 29.8 Å². The van der Waals surface area contributed by atoms with Crippen LogP contribution in [0.1, 0.15) is 30.1 Å². The second kappa shape index (κ2) is 5.27. The number of rotatable bonds is 4. The fourth-order valence-electron chi connectivity index (χ4n) is 1.14. The van der Waals surface area contributed by atoms with Crippen molar-refractivity contribution in [2.24, 2.45) is 0 Å². The summed E-state index contributed by atoms with van der Waals surface area (Å²) in [4.78, 5) is 11.5. The van der Waals surface area contributed by atoms with Crippen molar-refractivity contribution in [2.75, 3.05) is 6.54 Å². The zero-order valence-corrected chi connectivity index (χ0v) is 8.29. The lowest BCUT2D eigenvalue weighted by molar-refractivity contribution is 0.0950. The number of hydrogen-bond acceptors (Lipinski definition) is 2. The first kappa shape index (κ1) is 10.6. The molecule has 0 aromatic heterocycles. The van der Waals surface area contributed by atoms with Crippen molar-refractivity contribution in [3.8, 4) is 5.75 Å². The van der Waals surface area contributed by atoms with Gasteiger partial charge in [0.2, 0.25) is 0 Å². The van der Waals surface area contributed by atoms with Crippen LogP contribution in [0.5, 0.6) is 5.75 Å². The summed E-state index contributed by atoms with van der Waals surface area (Å²) in [7, 11) is 0. The van der Waals surface area contributed by atoms with Gasteiger partial charge in [0.1, 0.15) is 5.75 Å². The summed E-state index contributed by atoms with van der Waals surface area (Å²) < 4.78 is 0. The number of amides is 1. The molecule has 0 saturated heterocycles. The third kappa shape index (κ3) is 2.76. The summed E-state index contributed by atoms with van der Waals surface area (Å²) in [6.07, 6.45) is 2.00. The van der Waals surface area contributed by atoms with Gasteiger partial charge in [0.25, 0.3) is 5.91 Å². The van der Waals surface area contributed by atoms with E-state index in [0.29, 0.717) is 12.1 Å². The van der Waals surface area contributed by atoms with E-state index in [4.69, 9.17) is 0 Å². The number of phenolic OH excluding ortho intramolecular Hbond substituents is 1. The molecule has 0 aliphatic heterocycles. The van der Waals surface area contributed by atoms with E-state index in [-0.39, 0.29) is 11.7 Å². The van der Waals surface area contributed by atoms with E-state index in [1.807, 2.05) is 0 Å². The van der Waals surface area contributed by atoms with Crippen molar-refractivity contribution in [3.63, 3.8) is 0 Å². The molecule has 2 N–H and O–H groups in total. The van der Waals surface area contributed by atoms with E-state index in [1.54, 1.807) is 18.2 Å². The monoisotopic (exact) mass is 193 g/mol. The molecular formula is C11H15NO2. The van der Waals surface area contributed by atoms with Crippen LogP contribution in [0.15, 0.2) is 24.3 Å². The van der Waals surface area contributed by atoms with Crippen LogP contribution in [0.3, 0.4) is 0 Å². The lowest BCUT2D eigenvalue weighted by atomic mass is 10.2. The third-order valence-electron chi connectivity index (χ3n) is 1.96. The van der Waals surface area contributed by atoms with E-state index in [1.165, 1.54) is 6.07 Å². The highest BCUT2D eigenvalue weighted by Gasteiger charge is 2.08. The van der Waals surface area contributed by atoms with Gasteiger partial charge in [-0.1, -0.05) is 25.5 Å². The summed E-state index contributed by atoms with van der Waals surface area (Å²) >= 11 is 0. The van der Waals surface area contributed by atoms with Crippen LogP contribution in [-0.4, -0.2) is 17.6 Å². The molecule has 0 radical (unpaired) electrons. The zero-order chi connectivity index (χ0) is 10.4. The summed E-state index contributed by atoms with van der Waals surface area (Å²) in [5.74, 6) is -0.182. The number of phenols is 1. The highest BCUT2D eigenvalue weighted by molar-refractivity contribution is 5.96. The zero-order valence-electron chi connectivity index (χ0n) is 8.29. The lowest BCUT2D eigenvalue weighted by Gasteiger charge is -2.05. The van der Waals surface area contributed by atoms with E-state index in [9.17, 15) is 9.90 Å². The molecule has 1 aromatic rings. The number of hydrogen-bond donors (Lipinski definition) is 2. The fourth-order valence-corrected chi connectivity index (χ4v) is 1.14. The average Bonchev–Trinajstić information content (AvgIpc) is 2.18. The number of benzene rings is 1. The molecule has 76 valence electrons. The SMILES string of the molecule is CCCCNC(=O)c1ccccc1O. The second-order valence-electron chi connectivity index (χ2n) is 3.13. The maximum atomic E-state index is 11.5. The van der Waals surface area contributed by atoms with Gasteiger partial charge in [-0.05, 0) is 18.6 Å². The largest absolute Gasteiger partial charge is 0.507 e. The molecule has 0 aliphatic rings. The smallest absolute Gasteiger partial charge is 0.255 e. The Morgan fingerprint density at radius 1 is 1.43 bits per heavy atom. The van der Waals surface area contributed by atoms with Crippen molar-refractivity contribution in [2.45, 2.75) is 19.8 Å². The Morgan fingerprint density at radius 3 is 2.79 bits per heavy atom. The van der Waals surface area contributed by atoms with Crippen LogP contribution in [0.2, 0.25) is 0 Å². The van der Waals surface area contributed by atoms with E-state index >= 15 is 0 Å². The number of carbonyl (C=O) groups is 1.